The van der Waals surface area contributed by atoms with Crippen LogP contribution >= 0.6 is 0 Å². The molecule has 0 saturated carbocycles. The number of aromatic nitrogens is 4. The van der Waals surface area contributed by atoms with Gasteiger partial charge in [0.05, 0.1) is 11.0 Å². The fourth-order valence-electron chi connectivity index (χ4n) is 5.72. The quantitative estimate of drug-likeness (QED) is 0.231. The first kappa shape index (κ1) is 23.3. The third kappa shape index (κ3) is 3.97. The van der Waals surface area contributed by atoms with Crippen molar-refractivity contribution >= 4 is 32.6 Å². The van der Waals surface area contributed by atoms with Crippen molar-refractivity contribution < 1.29 is 0 Å². The zero-order valence-corrected chi connectivity index (χ0v) is 22.1. The largest absolute Gasteiger partial charge is 0.309 e. The molecule has 4 nitrogen and oxygen atoms in total. The molecule has 0 saturated heterocycles. The van der Waals surface area contributed by atoms with Crippen LogP contribution in [0.4, 0.5) is 0 Å². The molecule has 8 rings (SSSR count). The third-order valence-corrected chi connectivity index (χ3v) is 7.66. The molecule has 6 aromatic carbocycles. The van der Waals surface area contributed by atoms with Gasteiger partial charge in [0, 0.05) is 33.2 Å². The Labute approximate surface area is 237 Å². The first-order valence-electron chi connectivity index (χ1n) is 13.7. The zero-order valence-electron chi connectivity index (χ0n) is 22.1. The molecule has 0 atom stereocenters. The lowest BCUT2D eigenvalue weighted by Crippen LogP contribution is -2.01. The van der Waals surface area contributed by atoms with Gasteiger partial charge in [-0.3, -0.25) is 0 Å². The maximum Gasteiger partial charge on any atom is 0.164 e. The van der Waals surface area contributed by atoms with Crippen LogP contribution in [0.25, 0.3) is 72.4 Å². The smallest absolute Gasteiger partial charge is 0.164 e. The molecule has 192 valence electrons. The average molecular weight is 525 g/mol. The summed E-state index contributed by atoms with van der Waals surface area (Å²) in [5, 5.41) is 4.77. The van der Waals surface area contributed by atoms with Crippen LogP contribution in [0.5, 0.6) is 0 Å². The maximum atomic E-state index is 5.01. The number of hydrogen-bond acceptors (Lipinski definition) is 3. The van der Waals surface area contributed by atoms with Crippen LogP contribution in [0.3, 0.4) is 0 Å². The molecule has 2 aromatic heterocycles. The van der Waals surface area contributed by atoms with Gasteiger partial charge in [0.25, 0.3) is 0 Å². The predicted molar refractivity (Wildman–Crippen MR) is 168 cm³/mol. The molecule has 0 bridgehead atoms. The van der Waals surface area contributed by atoms with Gasteiger partial charge >= 0.3 is 0 Å². The van der Waals surface area contributed by atoms with Gasteiger partial charge in [0.2, 0.25) is 0 Å². The Hall–Kier alpha value is -5.61. The van der Waals surface area contributed by atoms with E-state index in [1.807, 2.05) is 30.3 Å². The molecule has 0 N–H and O–H groups in total. The van der Waals surface area contributed by atoms with Gasteiger partial charge in [0.1, 0.15) is 0 Å². The fourth-order valence-corrected chi connectivity index (χ4v) is 5.72. The molecule has 0 aliphatic heterocycles. The van der Waals surface area contributed by atoms with Crippen LogP contribution in [0, 0.1) is 0 Å². The van der Waals surface area contributed by atoms with Gasteiger partial charge in [-0.15, -0.1) is 0 Å². The maximum absolute atomic E-state index is 5.01. The number of benzene rings is 6. The van der Waals surface area contributed by atoms with Crippen molar-refractivity contribution in [2.45, 2.75) is 0 Å². The highest BCUT2D eigenvalue weighted by Crippen LogP contribution is 2.33. The second kappa shape index (κ2) is 9.54. The Morgan fingerprint density at radius 3 is 1.56 bits per heavy atom. The summed E-state index contributed by atoms with van der Waals surface area (Å²) in [4.78, 5) is 14.9. The molecular formula is C37H24N4. The fraction of sp³-hybridized carbons (Fsp3) is 0. The molecule has 0 aliphatic rings. The van der Waals surface area contributed by atoms with Crippen molar-refractivity contribution in [2.24, 2.45) is 0 Å². The summed E-state index contributed by atoms with van der Waals surface area (Å²) in [7, 11) is 0. The van der Waals surface area contributed by atoms with Gasteiger partial charge in [-0.2, -0.15) is 0 Å². The summed E-state index contributed by atoms with van der Waals surface area (Å²) < 4.78 is 2.32. The average Bonchev–Trinajstić information content (AvgIpc) is 3.39. The Bertz CT molecular complexity index is 2140. The van der Waals surface area contributed by atoms with E-state index in [-0.39, 0.29) is 0 Å². The first-order valence-corrected chi connectivity index (χ1v) is 13.7. The summed E-state index contributed by atoms with van der Waals surface area (Å²) in [5.74, 6) is 1.97. The van der Waals surface area contributed by atoms with E-state index in [0.29, 0.717) is 17.5 Å². The SMILES string of the molecule is c1ccc(-c2nc(-c3ccc(-n4c5ccccc5c5ccccc54)cc3)nc(-c3cccc4ccccc34)n2)cc1. The van der Waals surface area contributed by atoms with Gasteiger partial charge in [0.15, 0.2) is 17.5 Å². The van der Waals surface area contributed by atoms with E-state index in [9.17, 15) is 0 Å². The number of rotatable bonds is 4. The van der Waals surface area contributed by atoms with Crippen LogP contribution in [0.1, 0.15) is 0 Å². The van der Waals surface area contributed by atoms with Gasteiger partial charge in [-0.25, -0.2) is 15.0 Å². The normalized spacial score (nSPS) is 11.4. The zero-order chi connectivity index (χ0) is 27.2. The Morgan fingerprint density at radius 1 is 0.366 bits per heavy atom. The third-order valence-electron chi connectivity index (χ3n) is 7.66. The summed E-state index contributed by atoms with van der Waals surface area (Å²) in [5.41, 5.74) is 6.36. The number of hydrogen-bond donors (Lipinski definition) is 0. The van der Waals surface area contributed by atoms with Crippen molar-refractivity contribution in [3.8, 4) is 39.9 Å². The van der Waals surface area contributed by atoms with E-state index in [1.165, 1.54) is 21.8 Å². The molecule has 0 amide bonds. The van der Waals surface area contributed by atoms with E-state index in [1.54, 1.807) is 0 Å². The van der Waals surface area contributed by atoms with E-state index in [2.05, 4.69) is 120 Å². The van der Waals surface area contributed by atoms with Crippen LogP contribution in [-0.4, -0.2) is 19.5 Å². The standard InChI is InChI=1S/C37H24N4/c1-2-12-26(13-3-1)35-38-36(40-37(39-35)32-18-10-14-25-11-4-5-15-29(25)32)27-21-23-28(24-22-27)41-33-19-8-6-16-30(33)31-17-7-9-20-34(31)41/h1-24H. The summed E-state index contributed by atoms with van der Waals surface area (Å²) in [6.07, 6.45) is 0. The van der Waals surface area contributed by atoms with Crippen LogP contribution in [0.15, 0.2) is 146 Å². The minimum atomic E-state index is 0.649. The van der Waals surface area contributed by atoms with Crippen molar-refractivity contribution in [1.82, 2.24) is 19.5 Å². The van der Waals surface area contributed by atoms with E-state index in [0.717, 1.165) is 33.2 Å². The second-order valence-electron chi connectivity index (χ2n) is 10.1. The lowest BCUT2D eigenvalue weighted by Gasteiger charge is -2.11. The number of fused-ring (bicyclic) bond motifs is 4. The minimum absolute atomic E-state index is 0.649. The van der Waals surface area contributed by atoms with Crippen LogP contribution < -0.4 is 0 Å². The topological polar surface area (TPSA) is 43.6 Å². The Morgan fingerprint density at radius 2 is 0.878 bits per heavy atom. The van der Waals surface area contributed by atoms with E-state index < -0.39 is 0 Å². The van der Waals surface area contributed by atoms with Crippen molar-refractivity contribution in [1.29, 1.82) is 0 Å². The first-order chi connectivity index (χ1) is 20.3. The number of nitrogens with zero attached hydrogens (tertiary/aromatic N) is 4. The van der Waals surface area contributed by atoms with Crippen molar-refractivity contribution in [3.63, 3.8) is 0 Å². The highest BCUT2D eigenvalue weighted by Gasteiger charge is 2.15. The lowest BCUT2D eigenvalue weighted by atomic mass is 10.0. The van der Waals surface area contributed by atoms with Crippen LogP contribution in [0.2, 0.25) is 0 Å². The van der Waals surface area contributed by atoms with Gasteiger partial charge in [-0.05, 0) is 47.2 Å². The van der Waals surface area contributed by atoms with E-state index in [4.69, 9.17) is 15.0 Å². The molecule has 0 unspecified atom stereocenters. The molecule has 0 spiro atoms. The van der Waals surface area contributed by atoms with Gasteiger partial charge in [-0.1, -0.05) is 109 Å². The molecule has 8 aromatic rings. The monoisotopic (exact) mass is 524 g/mol. The van der Waals surface area contributed by atoms with Crippen LogP contribution in [-0.2, 0) is 0 Å². The molecule has 2 heterocycles. The second-order valence-corrected chi connectivity index (χ2v) is 10.1. The molecule has 41 heavy (non-hydrogen) atoms. The summed E-state index contributed by atoms with van der Waals surface area (Å²) >= 11 is 0. The van der Waals surface area contributed by atoms with Crippen molar-refractivity contribution in [3.05, 3.63) is 146 Å². The predicted octanol–water partition coefficient (Wildman–Crippen LogP) is 9.12. The molecule has 0 aliphatic carbocycles. The molecular weight excluding hydrogens is 500 g/mol. The molecule has 0 fully saturated rings. The summed E-state index contributed by atoms with van der Waals surface area (Å²) in [6, 6.07) is 50.3. The van der Waals surface area contributed by atoms with E-state index >= 15 is 0 Å². The summed E-state index contributed by atoms with van der Waals surface area (Å²) in [6.45, 7) is 0. The Kier molecular flexibility index (Phi) is 5.42. The lowest BCUT2D eigenvalue weighted by molar-refractivity contribution is 1.07. The minimum Gasteiger partial charge on any atom is -0.309 e. The Balaban J connectivity index is 1.29. The number of para-hydroxylation sites is 2. The highest BCUT2D eigenvalue weighted by atomic mass is 15.0. The van der Waals surface area contributed by atoms with Gasteiger partial charge < -0.3 is 4.57 Å². The molecule has 4 heteroatoms. The highest BCUT2D eigenvalue weighted by molar-refractivity contribution is 6.09. The molecule has 0 radical (unpaired) electrons. The van der Waals surface area contributed by atoms with Crippen molar-refractivity contribution in [2.75, 3.05) is 0 Å².